The highest BCUT2D eigenvalue weighted by Crippen LogP contribution is 2.30. The molecule has 0 saturated carbocycles. The quantitative estimate of drug-likeness (QED) is 0.0608. The Morgan fingerprint density at radius 1 is 0.568 bits per heavy atom. The highest BCUT2D eigenvalue weighted by molar-refractivity contribution is 6.31. The van der Waals surface area contributed by atoms with Crippen molar-refractivity contribution in [1.29, 1.82) is 0 Å². The third-order valence-corrected chi connectivity index (χ3v) is 8.24. The Hall–Kier alpha value is -1.98. The molecule has 0 aromatic heterocycles. The Labute approximate surface area is 278 Å². The van der Waals surface area contributed by atoms with E-state index in [0.717, 1.165) is 42.2 Å². The van der Waals surface area contributed by atoms with Gasteiger partial charge in [0.05, 0.1) is 18.1 Å². The monoisotopic (exact) mass is 651 g/mol. The molecular formula is C37H59Cl2NO4. The van der Waals surface area contributed by atoms with Gasteiger partial charge in [-0.15, -0.1) is 0 Å². The average molecular weight is 653 g/mol. The Morgan fingerprint density at radius 2 is 0.932 bits per heavy atom. The summed E-state index contributed by atoms with van der Waals surface area (Å²) in [4.78, 5) is 10.5. The van der Waals surface area contributed by atoms with E-state index in [1.807, 2.05) is 25.1 Å². The molecule has 0 heterocycles. The number of nitrogens with zero attached hydrogens (tertiary/aromatic N) is 1. The zero-order chi connectivity index (χ0) is 32.3. The van der Waals surface area contributed by atoms with Crippen molar-refractivity contribution < 1.29 is 14.4 Å². The van der Waals surface area contributed by atoms with Crippen LogP contribution >= 0.6 is 23.2 Å². The molecule has 0 saturated heterocycles. The number of benzene rings is 2. The lowest BCUT2D eigenvalue weighted by Crippen LogP contribution is -2.00. The molecule has 0 atom stereocenters. The normalized spacial score (nSPS) is 10.8. The Balaban J connectivity index is 0.000000442. The fourth-order valence-electron chi connectivity index (χ4n) is 5.07. The molecule has 0 fully saturated rings. The predicted octanol–water partition coefficient (Wildman–Crippen LogP) is 13.5. The minimum Gasteiger partial charge on any atom is -0.493 e. The number of nitro groups is 1. The fourth-order valence-corrected chi connectivity index (χ4v) is 5.47. The smallest absolute Gasteiger partial charge is 0.312 e. The maximum absolute atomic E-state index is 10.9. The van der Waals surface area contributed by atoms with Crippen LogP contribution in [-0.2, 0) is 0 Å². The van der Waals surface area contributed by atoms with Crippen molar-refractivity contribution in [2.75, 3.05) is 13.2 Å². The summed E-state index contributed by atoms with van der Waals surface area (Å²) < 4.78 is 11.3. The van der Waals surface area contributed by atoms with Crippen molar-refractivity contribution in [3.63, 3.8) is 0 Å². The van der Waals surface area contributed by atoms with Gasteiger partial charge in [-0.2, -0.15) is 0 Å². The zero-order valence-corrected chi connectivity index (χ0v) is 29.4. The van der Waals surface area contributed by atoms with Crippen LogP contribution in [0.3, 0.4) is 0 Å². The van der Waals surface area contributed by atoms with Crippen molar-refractivity contribution in [2.45, 2.75) is 149 Å². The van der Waals surface area contributed by atoms with Crippen LogP contribution in [0.25, 0.3) is 0 Å². The average Bonchev–Trinajstić information content (AvgIpc) is 3.00. The van der Waals surface area contributed by atoms with E-state index in [9.17, 15) is 10.1 Å². The van der Waals surface area contributed by atoms with Crippen molar-refractivity contribution in [1.82, 2.24) is 0 Å². The van der Waals surface area contributed by atoms with Gasteiger partial charge in [0.25, 0.3) is 0 Å². The first kappa shape index (κ1) is 40.0. The molecule has 0 amide bonds. The molecule has 0 bridgehead atoms. The SMILES string of the molecule is CCCCCCCCCCCCOc1ccc(Cl)cc1C.CCCCCCCCCCCCOc1ccc(Cl)cc1[N+](=O)[O-]. The molecule has 0 radical (unpaired) electrons. The van der Waals surface area contributed by atoms with Gasteiger partial charge in [0.2, 0.25) is 0 Å². The molecule has 0 N–H and O–H groups in total. The summed E-state index contributed by atoms with van der Waals surface area (Å²) in [5.41, 5.74) is 1.05. The van der Waals surface area contributed by atoms with E-state index >= 15 is 0 Å². The minimum absolute atomic E-state index is 0.0652. The summed E-state index contributed by atoms with van der Waals surface area (Å²) in [6.07, 6.45) is 26.1. The molecule has 44 heavy (non-hydrogen) atoms. The third-order valence-electron chi connectivity index (χ3n) is 7.77. The number of unbranched alkanes of at least 4 members (excludes halogenated alkanes) is 18. The van der Waals surface area contributed by atoms with E-state index in [1.54, 1.807) is 12.1 Å². The van der Waals surface area contributed by atoms with Gasteiger partial charge in [0, 0.05) is 16.1 Å². The maximum atomic E-state index is 10.9. The lowest BCUT2D eigenvalue weighted by molar-refractivity contribution is -0.385. The molecular weight excluding hydrogens is 593 g/mol. The number of rotatable bonds is 25. The van der Waals surface area contributed by atoms with Crippen LogP contribution in [0.4, 0.5) is 5.69 Å². The highest BCUT2D eigenvalue weighted by Gasteiger charge is 2.15. The Morgan fingerprint density at radius 3 is 1.34 bits per heavy atom. The topological polar surface area (TPSA) is 61.6 Å². The van der Waals surface area contributed by atoms with Gasteiger partial charge >= 0.3 is 5.69 Å². The van der Waals surface area contributed by atoms with E-state index in [2.05, 4.69) is 13.8 Å². The van der Waals surface area contributed by atoms with Gasteiger partial charge in [-0.1, -0.05) is 153 Å². The van der Waals surface area contributed by atoms with Crippen molar-refractivity contribution in [3.8, 4) is 11.5 Å². The lowest BCUT2D eigenvalue weighted by Gasteiger charge is -2.09. The standard InChI is InChI=1S/C19H31ClO.C18H28ClNO3/c1-3-4-5-6-7-8-9-10-11-12-15-21-19-14-13-18(20)16-17(19)2;1-2-3-4-5-6-7-8-9-10-11-14-23-18-13-12-16(19)15-17(18)20(21)22/h13-14,16H,3-12,15H2,1-2H3;12-13,15H,2-11,14H2,1H3. The fraction of sp³-hybridized carbons (Fsp3) is 0.676. The Bertz CT molecular complexity index is 1000. The minimum atomic E-state index is -0.459. The van der Waals surface area contributed by atoms with Crippen molar-refractivity contribution >= 4 is 28.9 Å². The van der Waals surface area contributed by atoms with Gasteiger partial charge in [-0.25, -0.2) is 0 Å². The van der Waals surface area contributed by atoms with Gasteiger partial charge in [0.1, 0.15) is 5.75 Å². The number of hydrogen-bond donors (Lipinski definition) is 0. The van der Waals surface area contributed by atoms with Crippen LogP contribution in [0.1, 0.15) is 148 Å². The molecule has 2 rings (SSSR count). The van der Waals surface area contributed by atoms with E-state index < -0.39 is 4.92 Å². The lowest BCUT2D eigenvalue weighted by atomic mass is 10.1. The molecule has 250 valence electrons. The van der Waals surface area contributed by atoms with Crippen LogP contribution in [-0.4, -0.2) is 18.1 Å². The summed E-state index contributed by atoms with van der Waals surface area (Å²) >= 11 is 11.7. The van der Waals surface area contributed by atoms with E-state index in [4.69, 9.17) is 32.7 Å². The van der Waals surface area contributed by atoms with E-state index in [0.29, 0.717) is 17.4 Å². The van der Waals surface area contributed by atoms with Gasteiger partial charge in [-0.3, -0.25) is 10.1 Å². The molecule has 0 aliphatic heterocycles. The van der Waals surface area contributed by atoms with Crippen molar-refractivity contribution in [2.24, 2.45) is 0 Å². The second kappa shape index (κ2) is 27.3. The molecule has 0 spiro atoms. The van der Waals surface area contributed by atoms with Crippen LogP contribution in [0.5, 0.6) is 11.5 Å². The second-order valence-electron chi connectivity index (χ2n) is 11.8. The summed E-state index contributed by atoms with van der Waals surface area (Å²) in [7, 11) is 0. The van der Waals surface area contributed by atoms with Crippen LogP contribution < -0.4 is 9.47 Å². The molecule has 7 heteroatoms. The molecule has 0 unspecified atom stereocenters. The second-order valence-corrected chi connectivity index (χ2v) is 12.7. The number of ether oxygens (including phenoxy) is 2. The first-order valence-corrected chi connectivity index (χ1v) is 18.1. The summed E-state index contributed by atoms with van der Waals surface area (Å²) in [5.74, 6) is 1.27. The molecule has 0 aliphatic carbocycles. The van der Waals surface area contributed by atoms with Crippen LogP contribution in [0, 0.1) is 17.0 Å². The maximum Gasteiger partial charge on any atom is 0.312 e. The number of aryl methyl sites for hydroxylation is 1. The molecule has 2 aromatic carbocycles. The first-order chi connectivity index (χ1) is 21.4. The Kier molecular flexibility index (Phi) is 24.9. The van der Waals surface area contributed by atoms with Crippen LogP contribution in [0.15, 0.2) is 36.4 Å². The van der Waals surface area contributed by atoms with Gasteiger partial charge in [-0.05, 0) is 55.7 Å². The number of hydrogen-bond acceptors (Lipinski definition) is 4. The zero-order valence-electron chi connectivity index (χ0n) is 27.9. The van der Waals surface area contributed by atoms with E-state index in [1.165, 1.54) is 115 Å². The largest absolute Gasteiger partial charge is 0.493 e. The highest BCUT2D eigenvalue weighted by atomic mass is 35.5. The third kappa shape index (κ3) is 20.9. The van der Waals surface area contributed by atoms with Gasteiger partial charge < -0.3 is 9.47 Å². The molecule has 5 nitrogen and oxygen atoms in total. The summed E-state index contributed by atoms with van der Waals surface area (Å²) in [6.45, 7) is 7.88. The van der Waals surface area contributed by atoms with Gasteiger partial charge in [0.15, 0.2) is 5.75 Å². The van der Waals surface area contributed by atoms with Crippen molar-refractivity contribution in [3.05, 3.63) is 62.1 Å². The predicted molar refractivity (Wildman–Crippen MR) is 189 cm³/mol. The van der Waals surface area contributed by atoms with Crippen LogP contribution in [0.2, 0.25) is 10.0 Å². The number of nitro benzene ring substituents is 1. The number of halogens is 2. The molecule has 2 aromatic rings. The first-order valence-electron chi connectivity index (χ1n) is 17.3. The van der Waals surface area contributed by atoms with E-state index in [-0.39, 0.29) is 5.69 Å². The molecule has 0 aliphatic rings. The summed E-state index contributed by atoms with van der Waals surface area (Å²) in [5, 5.41) is 12.1. The summed E-state index contributed by atoms with van der Waals surface area (Å²) in [6, 6.07) is 10.3.